The number of carbonyl (C=O) groups excluding carboxylic acids is 1. The highest BCUT2D eigenvalue weighted by Crippen LogP contribution is 2.26. The fourth-order valence-electron chi connectivity index (χ4n) is 2.55. The van der Waals surface area contributed by atoms with Crippen LogP contribution in [0.5, 0.6) is 0 Å². The largest absolute Gasteiger partial charge is 0.419 e. The molecule has 0 radical (unpaired) electrons. The second-order valence-corrected chi connectivity index (χ2v) is 6.09. The standard InChI is InChI=1S/C19H17ClFN3O2/c1-2-11-24(19(25)14-8-4-6-10-16(14)21)12-17-22-23-18(26-17)13-7-3-5-9-15(13)20/h3-10H,2,11-12H2,1H3. The highest BCUT2D eigenvalue weighted by molar-refractivity contribution is 6.33. The van der Waals surface area contributed by atoms with Crippen LogP contribution >= 0.6 is 11.6 Å². The van der Waals surface area contributed by atoms with Crippen molar-refractivity contribution < 1.29 is 13.6 Å². The maximum atomic E-state index is 13.9. The molecule has 2 aromatic carbocycles. The van der Waals surface area contributed by atoms with E-state index in [2.05, 4.69) is 10.2 Å². The van der Waals surface area contributed by atoms with Gasteiger partial charge in [0, 0.05) is 6.54 Å². The zero-order valence-electron chi connectivity index (χ0n) is 14.2. The van der Waals surface area contributed by atoms with Crippen LogP contribution in [-0.2, 0) is 6.54 Å². The van der Waals surface area contributed by atoms with E-state index in [4.69, 9.17) is 16.0 Å². The maximum Gasteiger partial charge on any atom is 0.257 e. The van der Waals surface area contributed by atoms with Gasteiger partial charge >= 0.3 is 0 Å². The van der Waals surface area contributed by atoms with Crippen molar-refractivity contribution in [3.05, 3.63) is 70.8 Å². The van der Waals surface area contributed by atoms with Crippen LogP contribution < -0.4 is 0 Å². The molecule has 0 bridgehead atoms. The summed E-state index contributed by atoms with van der Waals surface area (Å²) in [6.07, 6.45) is 0.714. The molecule has 1 aromatic heterocycles. The Morgan fingerprint density at radius 2 is 1.88 bits per heavy atom. The van der Waals surface area contributed by atoms with Gasteiger partial charge in [-0.3, -0.25) is 4.79 Å². The third kappa shape index (κ3) is 3.91. The highest BCUT2D eigenvalue weighted by Gasteiger charge is 2.21. The summed E-state index contributed by atoms with van der Waals surface area (Å²) in [7, 11) is 0. The minimum Gasteiger partial charge on any atom is -0.419 e. The number of rotatable bonds is 6. The van der Waals surface area contributed by atoms with Crippen LogP contribution in [0.4, 0.5) is 4.39 Å². The first-order chi connectivity index (χ1) is 12.6. The molecular formula is C19H17ClFN3O2. The van der Waals surface area contributed by atoms with Crippen molar-refractivity contribution in [2.45, 2.75) is 19.9 Å². The fourth-order valence-corrected chi connectivity index (χ4v) is 2.77. The summed E-state index contributed by atoms with van der Waals surface area (Å²) in [6.45, 7) is 2.47. The normalized spacial score (nSPS) is 10.7. The van der Waals surface area contributed by atoms with Crippen LogP contribution in [0.3, 0.4) is 0 Å². The minimum absolute atomic E-state index is 0.0202. The summed E-state index contributed by atoms with van der Waals surface area (Å²) in [5.74, 6) is -0.429. The second kappa shape index (κ2) is 8.10. The number of hydrogen-bond acceptors (Lipinski definition) is 4. The van der Waals surface area contributed by atoms with Gasteiger partial charge in [-0.15, -0.1) is 10.2 Å². The fraction of sp³-hybridized carbons (Fsp3) is 0.211. The molecule has 5 nitrogen and oxygen atoms in total. The van der Waals surface area contributed by atoms with Crippen LogP contribution in [0.15, 0.2) is 52.9 Å². The maximum absolute atomic E-state index is 13.9. The lowest BCUT2D eigenvalue weighted by atomic mass is 10.2. The molecule has 0 aliphatic rings. The van der Waals surface area contributed by atoms with Gasteiger partial charge in [-0.25, -0.2) is 4.39 Å². The van der Waals surface area contributed by atoms with E-state index in [9.17, 15) is 9.18 Å². The first kappa shape index (κ1) is 18.1. The molecule has 0 fully saturated rings. The Labute approximate surface area is 155 Å². The van der Waals surface area contributed by atoms with Gasteiger partial charge in [0.1, 0.15) is 5.82 Å². The van der Waals surface area contributed by atoms with Crippen molar-refractivity contribution in [2.24, 2.45) is 0 Å². The molecule has 0 N–H and O–H groups in total. The Balaban J connectivity index is 1.82. The summed E-state index contributed by atoms with van der Waals surface area (Å²) in [4.78, 5) is 14.2. The zero-order valence-corrected chi connectivity index (χ0v) is 14.9. The Bertz CT molecular complexity index is 913. The second-order valence-electron chi connectivity index (χ2n) is 5.69. The molecule has 1 heterocycles. The van der Waals surface area contributed by atoms with E-state index in [0.717, 1.165) is 0 Å². The molecule has 0 spiro atoms. The van der Waals surface area contributed by atoms with Gasteiger partial charge in [0.25, 0.3) is 5.91 Å². The van der Waals surface area contributed by atoms with Gasteiger partial charge in [-0.2, -0.15) is 0 Å². The molecule has 0 aliphatic heterocycles. The zero-order chi connectivity index (χ0) is 18.5. The van der Waals surface area contributed by atoms with Crippen molar-refractivity contribution in [3.63, 3.8) is 0 Å². The van der Waals surface area contributed by atoms with E-state index in [1.54, 1.807) is 30.3 Å². The van der Waals surface area contributed by atoms with Gasteiger partial charge in [0.2, 0.25) is 11.8 Å². The Kier molecular flexibility index (Phi) is 5.63. The number of carbonyl (C=O) groups is 1. The predicted molar refractivity (Wildman–Crippen MR) is 96.2 cm³/mol. The van der Waals surface area contributed by atoms with Crippen molar-refractivity contribution in [1.82, 2.24) is 15.1 Å². The number of halogens is 2. The number of nitrogens with zero attached hydrogens (tertiary/aromatic N) is 3. The van der Waals surface area contributed by atoms with Gasteiger partial charge in [0.05, 0.1) is 22.7 Å². The predicted octanol–water partition coefficient (Wildman–Crippen LogP) is 4.58. The Morgan fingerprint density at radius 3 is 2.62 bits per heavy atom. The van der Waals surface area contributed by atoms with Gasteiger partial charge in [-0.05, 0) is 30.7 Å². The van der Waals surface area contributed by atoms with E-state index in [1.165, 1.54) is 17.0 Å². The van der Waals surface area contributed by atoms with E-state index in [0.29, 0.717) is 23.6 Å². The molecule has 134 valence electrons. The minimum atomic E-state index is -0.555. The smallest absolute Gasteiger partial charge is 0.257 e. The molecule has 1 amide bonds. The summed E-state index contributed by atoms with van der Waals surface area (Å²) in [5, 5.41) is 8.48. The van der Waals surface area contributed by atoms with Crippen molar-refractivity contribution >= 4 is 17.5 Å². The monoisotopic (exact) mass is 373 g/mol. The van der Waals surface area contributed by atoms with Gasteiger partial charge in [0.15, 0.2) is 0 Å². The summed E-state index contributed by atoms with van der Waals surface area (Å²) in [6, 6.07) is 13.0. The molecule has 0 aliphatic carbocycles. The number of benzene rings is 2. The van der Waals surface area contributed by atoms with E-state index < -0.39 is 11.7 Å². The van der Waals surface area contributed by atoms with Crippen molar-refractivity contribution in [3.8, 4) is 11.5 Å². The number of amides is 1. The molecule has 7 heteroatoms. The SMILES string of the molecule is CCCN(Cc1nnc(-c2ccccc2Cl)o1)C(=O)c1ccccc1F. The van der Waals surface area contributed by atoms with Crippen LogP contribution in [0.1, 0.15) is 29.6 Å². The van der Waals surface area contributed by atoms with Crippen molar-refractivity contribution in [2.75, 3.05) is 6.54 Å². The highest BCUT2D eigenvalue weighted by atomic mass is 35.5. The summed E-state index contributed by atoms with van der Waals surface area (Å²) in [5.41, 5.74) is 0.641. The lowest BCUT2D eigenvalue weighted by Gasteiger charge is -2.20. The van der Waals surface area contributed by atoms with Crippen LogP contribution in [0.25, 0.3) is 11.5 Å². The average molecular weight is 374 g/mol. The third-order valence-electron chi connectivity index (χ3n) is 3.78. The summed E-state index contributed by atoms with van der Waals surface area (Å²) >= 11 is 6.14. The van der Waals surface area contributed by atoms with Crippen LogP contribution in [0, 0.1) is 5.82 Å². The van der Waals surface area contributed by atoms with E-state index in [1.807, 2.05) is 13.0 Å². The molecule has 3 rings (SSSR count). The Morgan fingerprint density at radius 1 is 1.15 bits per heavy atom. The molecule has 0 saturated carbocycles. The lowest BCUT2D eigenvalue weighted by molar-refractivity contribution is 0.0724. The average Bonchev–Trinajstić information content (AvgIpc) is 3.10. The summed E-state index contributed by atoms with van der Waals surface area (Å²) < 4.78 is 19.6. The molecule has 0 atom stereocenters. The van der Waals surface area contributed by atoms with Gasteiger partial charge in [-0.1, -0.05) is 42.8 Å². The van der Waals surface area contributed by atoms with Gasteiger partial charge < -0.3 is 9.32 Å². The first-order valence-corrected chi connectivity index (χ1v) is 8.59. The van der Waals surface area contributed by atoms with Crippen LogP contribution in [0.2, 0.25) is 5.02 Å². The van der Waals surface area contributed by atoms with E-state index >= 15 is 0 Å². The molecule has 0 unspecified atom stereocenters. The number of hydrogen-bond donors (Lipinski definition) is 0. The lowest BCUT2D eigenvalue weighted by Crippen LogP contribution is -2.32. The van der Waals surface area contributed by atoms with Crippen LogP contribution in [-0.4, -0.2) is 27.5 Å². The molecular weight excluding hydrogens is 357 g/mol. The molecule has 0 saturated heterocycles. The quantitative estimate of drug-likeness (QED) is 0.634. The topological polar surface area (TPSA) is 59.2 Å². The first-order valence-electron chi connectivity index (χ1n) is 8.21. The molecule has 3 aromatic rings. The third-order valence-corrected chi connectivity index (χ3v) is 4.11. The van der Waals surface area contributed by atoms with Crippen molar-refractivity contribution in [1.29, 1.82) is 0 Å². The molecule has 26 heavy (non-hydrogen) atoms. The Hall–Kier alpha value is -2.73. The number of aromatic nitrogens is 2. The van der Waals surface area contributed by atoms with E-state index in [-0.39, 0.29) is 23.9 Å².